The van der Waals surface area contributed by atoms with Gasteiger partial charge in [0.05, 0.1) is 0 Å². The molecule has 0 aliphatic carbocycles. The first-order valence-corrected chi connectivity index (χ1v) is 9.10. The van der Waals surface area contributed by atoms with Crippen LogP contribution in [0.1, 0.15) is 0 Å². The smallest absolute Gasteiger partial charge is 0.482 e. The summed E-state index contributed by atoms with van der Waals surface area (Å²) >= 11 is 5.60. The zero-order valence-corrected chi connectivity index (χ0v) is 14.5. The SMILES string of the molecule is CN(C)/N=C(/O[Si](C)(Cl)O/C(=N/N(C)C)C(F)(F)F)C(F)(F)F. The predicted molar refractivity (Wildman–Crippen MR) is 74.0 cm³/mol. The minimum Gasteiger partial charge on any atom is -0.482 e. The molecule has 0 amide bonds. The van der Waals surface area contributed by atoms with Crippen molar-refractivity contribution in [1.29, 1.82) is 0 Å². The fraction of sp³-hybridized carbons (Fsp3) is 0.778. The maximum Gasteiger partial charge on any atom is 0.568 e. The van der Waals surface area contributed by atoms with Crippen molar-refractivity contribution in [1.82, 2.24) is 10.0 Å². The molecule has 0 heterocycles. The van der Waals surface area contributed by atoms with Crippen LogP contribution in [0.3, 0.4) is 0 Å². The van der Waals surface area contributed by atoms with Gasteiger partial charge < -0.3 is 8.85 Å². The third-order valence-corrected chi connectivity index (χ3v) is 3.20. The summed E-state index contributed by atoms with van der Waals surface area (Å²) in [4.78, 5) is 0. The van der Waals surface area contributed by atoms with Crippen LogP contribution in [0.25, 0.3) is 0 Å². The van der Waals surface area contributed by atoms with E-state index in [4.69, 9.17) is 11.1 Å². The zero-order chi connectivity index (χ0) is 18.6. The summed E-state index contributed by atoms with van der Waals surface area (Å²) in [5.74, 6) is -3.64. The maximum absolute atomic E-state index is 12.8. The molecule has 0 rings (SSSR count). The van der Waals surface area contributed by atoms with Crippen molar-refractivity contribution in [2.45, 2.75) is 18.9 Å². The van der Waals surface area contributed by atoms with Crippen LogP contribution in [0.5, 0.6) is 0 Å². The van der Waals surface area contributed by atoms with E-state index in [-0.39, 0.29) is 0 Å². The van der Waals surface area contributed by atoms with Gasteiger partial charge in [-0.2, -0.15) is 26.3 Å². The molecule has 136 valence electrons. The molecule has 0 bridgehead atoms. The van der Waals surface area contributed by atoms with E-state index in [9.17, 15) is 26.3 Å². The highest BCUT2D eigenvalue weighted by atomic mass is 35.6. The lowest BCUT2D eigenvalue weighted by molar-refractivity contribution is -0.0776. The van der Waals surface area contributed by atoms with E-state index >= 15 is 0 Å². The molecule has 0 fully saturated rings. The third-order valence-electron chi connectivity index (χ3n) is 1.62. The van der Waals surface area contributed by atoms with E-state index in [1.165, 1.54) is 0 Å². The molecule has 0 aromatic carbocycles. The topological polar surface area (TPSA) is 49.7 Å². The molecule has 0 atom stereocenters. The summed E-state index contributed by atoms with van der Waals surface area (Å²) in [5.41, 5.74) is 0. The van der Waals surface area contributed by atoms with Crippen molar-refractivity contribution in [3.05, 3.63) is 0 Å². The fourth-order valence-electron chi connectivity index (χ4n) is 0.999. The van der Waals surface area contributed by atoms with Gasteiger partial charge in [-0.15, -0.1) is 10.2 Å². The van der Waals surface area contributed by atoms with Crippen LogP contribution < -0.4 is 0 Å². The summed E-state index contributed by atoms with van der Waals surface area (Å²) in [7, 11) is 0.192. The Bertz CT molecular complexity index is 424. The van der Waals surface area contributed by atoms with E-state index in [0.29, 0.717) is 0 Å². The van der Waals surface area contributed by atoms with Crippen LogP contribution in [0.2, 0.25) is 6.55 Å². The Labute approximate surface area is 134 Å². The zero-order valence-electron chi connectivity index (χ0n) is 12.8. The molecule has 0 unspecified atom stereocenters. The molecule has 6 nitrogen and oxygen atoms in total. The van der Waals surface area contributed by atoms with Gasteiger partial charge in [-0.05, 0) is 0 Å². The fourth-order valence-corrected chi connectivity index (χ4v) is 2.48. The second-order valence-corrected chi connectivity index (χ2v) is 8.68. The van der Waals surface area contributed by atoms with E-state index in [1.54, 1.807) is 0 Å². The monoisotopic (exact) mass is 388 g/mol. The van der Waals surface area contributed by atoms with E-state index in [0.717, 1.165) is 44.8 Å². The number of hydrazone groups is 2. The highest BCUT2D eigenvalue weighted by molar-refractivity contribution is 7.13. The molecule has 14 heteroatoms. The molecule has 0 saturated heterocycles. The minimum absolute atomic E-state index is 0.753. The molecule has 0 aliphatic rings. The number of alkyl halides is 6. The Morgan fingerprint density at radius 3 is 1.26 bits per heavy atom. The van der Waals surface area contributed by atoms with Crippen molar-refractivity contribution in [3.63, 3.8) is 0 Å². The van der Waals surface area contributed by atoms with Crippen molar-refractivity contribution in [2.75, 3.05) is 28.2 Å². The quantitative estimate of drug-likeness (QED) is 0.185. The molecule has 0 spiro atoms. The molecule has 0 saturated carbocycles. The average Bonchev–Trinajstić information content (AvgIpc) is 2.22. The van der Waals surface area contributed by atoms with Crippen molar-refractivity contribution in [2.24, 2.45) is 10.2 Å². The van der Waals surface area contributed by atoms with Crippen LogP contribution in [0.4, 0.5) is 26.3 Å². The van der Waals surface area contributed by atoms with E-state index in [1.807, 2.05) is 0 Å². The molecular weight excluding hydrogens is 374 g/mol. The number of hydrogen-bond acceptors (Lipinski definition) is 6. The lowest BCUT2D eigenvalue weighted by Crippen LogP contribution is -2.45. The van der Waals surface area contributed by atoms with Gasteiger partial charge in [0.2, 0.25) is 0 Å². The first-order chi connectivity index (χ1) is 10.0. The normalized spacial score (nSPS) is 14.6. The highest BCUT2D eigenvalue weighted by Crippen LogP contribution is 2.27. The van der Waals surface area contributed by atoms with Gasteiger partial charge in [0, 0.05) is 34.7 Å². The Balaban J connectivity index is 5.46. The summed E-state index contributed by atoms with van der Waals surface area (Å²) in [6, 6.07) is 0. The molecular formula is C9H15ClF6N4O2Si. The average molecular weight is 389 g/mol. The summed E-state index contributed by atoms with van der Waals surface area (Å²) in [5, 5.41) is 7.52. The molecule has 0 aromatic heterocycles. The van der Waals surface area contributed by atoms with Crippen LogP contribution in [0.15, 0.2) is 10.2 Å². The van der Waals surface area contributed by atoms with Gasteiger partial charge in [-0.25, -0.2) is 0 Å². The Kier molecular flexibility index (Phi) is 7.02. The summed E-state index contributed by atoms with van der Waals surface area (Å²) in [6.07, 6.45) is -10.1. The van der Waals surface area contributed by atoms with E-state index < -0.39 is 32.0 Å². The van der Waals surface area contributed by atoms with Crippen molar-refractivity contribution in [3.8, 4) is 0 Å². The molecule has 0 aromatic rings. The third kappa shape index (κ3) is 8.73. The number of rotatable bonds is 4. The van der Waals surface area contributed by atoms with Crippen LogP contribution in [-0.2, 0) is 8.85 Å². The Morgan fingerprint density at radius 2 is 1.09 bits per heavy atom. The summed E-state index contributed by atoms with van der Waals surface area (Å²) < 4.78 is 85.3. The van der Waals surface area contributed by atoms with Gasteiger partial charge in [0.25, 0.3) is 0 Å². The van der Waals surface area contributed by atoms with Gasteiger partial charge in [-0.1, -0.05) is 11.1 Å². The Morgan fingerprint density at radius 1 is 0.826 bits per heavy atom. The highest BCUT2D eigenvalue weighted by Gasteiger charge is 2.50. The second-order valence-electron chi connectivity index (χ2n) is 4.54. The van der Waals surface area contributed by atoms with E-state index in [2.05, 4.69) is 19.1 Å². The van der Waals surface area contributed by atoms with Gasteiger partial charge in [0.15, 0.2) is 0 Å². The molecule has 23 heavy (non-hydrogen) atoms. The maximum atomic E-state index is 12.8. The molecule has 0 aliphatic heterocycles. The van der Waals surface area contributed by atoms with Gasteiger partial charge in [0.1, 0.15) is 0 Å². The van der Waals surface area contributed by atoms with Crippen LogP contribution >= 0.6 is 11.1 Å². The van der Waals surface area contributed by atoms with Gasteiger partial charge in [-0.3, -0.25) is 10.0 Å². The number of halogens is 7. The van der Waals surface area contributed by atoms with Crippen LogP contribution in [-0.4, -0.2) is 70.2 Å². The van der Waals surface area contributed by atoms with Crippen molar-refractivity contribution < 1.29 is 35.2 Å². The Hall–Kier alpha value is -1.37. The predicted octanol–water partition coefficient (Wildman–Crippen LogP) is 2.70. The van der Waals surface area contributed by atoms with Gasteiger partial charge >= 0.3 is 32.0 Å². The minimum atomic E-state index is -5.06. The standard InChI is InChI=1S/C9H15ClF6N4O2Si/c1-19(2)17-6(8(11,12)13)21-23(5,10)22-7(9(14,15)16)18-20(3)4/h1-5H3/b17-6+,18-7+. The molecule has 0 N–H and O–H groups in total. The second kappa shape index (κ2) is 7.46. The molecule has 0 radical (unpaired) electrons. The van der Waals surface area contributed by atoms with Crippen molar-refractivity contribution >= 4 is 30.7 Å². The summed E-state index contributed by atoms with van der Waals surface area (Å²) in [6.45, 7) is 0.780. The van der Waals surface area contributed by atoms with Crippen LogP contribution in [0, 0.1) is 0 Å². The number of nitrogens with zero attached hydrogens (tertiary/aromatic N) is 4. The first-order valence-electron chi connectivity index (χ1n) is 5.78. The lowest BCUT2D eigenvalue weighted by atomic mass is 10.6. The first kappa shape index (κ1) is 21.6. The number of hydrogen-bond donors (Lipinski definition) is 0. The lowest BCUT2D eigenvalue weighted by Gasteiger charge is -2.25. The largest absolute Gasteiger partial charge is 0.568 e.